The van der Waals surface area contributed by atoms with Crippen LogP contribution in [-0.2, 0) is 4.79 Å². The molecule has 0 saturated carbocycles. The van der Waals surface area contributed by atoms with Crippen molar-refractivity contribution in [1.29, 1.82) is 0 Å². The Hall–Kier alpha value is -2.53. The van der Waals surface area contributed by atoms with E-state index < -0.39 is 0 Å². The van der Waals surface area contributed by atoms with Crippen LogP contribution in [0.25, 0.3) is 10.2 Å². The number of nitrogens with zero attached hydrogens (tertiary/aromatic N) is 2. The van der Waals surface area contributed by atoms with Gasteiger partial charge in [-0.25, -0.2) is 4.98 Å². The molecule has 0 spiro atoms. The van der Waals surface area contributed by atoms with Crippen molar-refractivity contribution in [3.63, 3.8) is 0 Å². The maximum atomic E-state index is 12.9. The Bertz CT molecular complexity index is 1010. The van der Waals surface area contributed by atoms with Crippen molar-refractivity contribution < 1.29 is 9.59 Å². The number of thiazole rings is 1. The summed E-state index contributed by atoms with van der Waals surface area (Å²) in [4.78, 5) is 32.0. The Balaban J connectivity index is 1.43. The fourth-order valence-corrected chi connectivity index (χ4v) is 4.89. The maximum Gasteiger partial charge on any atom is 0.223 e. The van der Waals surface area contributed by atoms with Crippen molar-refractivity contribution in [2.24, 2.45) is 0 Å². The number of rotatable bonds is 5. The lowest BCUT2D eigenvalue weighted by Crippen LogP contribution is -2.30. The zero-order chi connectivity index (χ0) is 19.7. The number of ketones is 1. The van der Waals surface area contributed by atoms with Crippen LogP contribution in [0.3, 0.4) is 0 Å². The highest BCUT2D eigenvalue weighted by Crippen LogP contribution is 2.36. The Morgan fingerprint density at radius 1 is 1.11 bits per heavy atom. The normalized spacial score (nSPS) is 16.6. The minimum atomic E-state index is 0.0344. The van der Waals surface area contributed by atoms with Gasteiger partial charge in [-0.05, 0) is 56.0 Å². The summed E-state index contributed by atoms with van der Waals surface area (Å²) in [6, 6.07) is 13.9. The average molecular weight is 393 g/mol. The third-order valence-electron chi connectivity index (χ3n) is 5.56. The Morgan fingerprint density at radius 3 is 2.71 bits per heavy atom. The Labute approximate surface area is 169 Å². The van der Waals surface area contributed by atoms with Gasteiger partial charge < -0.3 is 4.90 Å². The summed E-state index contributed by atoms with van der Waals surface area (Å²) in [5, 5.41) is 1.01. The molecule has 144 valence electrons. The highest BCUT2D eigenvalue weighted by atomic mass is 32.1. The first-order valence-electron chi connectivity index (χ1n) is 9.78. The lowest BCUT2D eigenvalue weighted by Gasteiger charge is -2.23. The molecule has 1 saturated heterocycles. The summed E-state index contributed by atoms with van der Waals surface area (Å²) in [7, 11) is 0. The zero-order valence-electron chi connectivity index (χ0n) is 16.3. The first-order valence-corrected chi connectivity index (χ1v) is 10.6. The molecule has 4 rings (SSSR count). The summed E-state index contributed by atoms with van der Waals surface area (Å²) in [5.74, 6) is 0.0890. The van der Waals surface area contributed by atoms with E-state index in [-0.39, 0.29) is 30.6 Å². The second-order valence-corrected chi connectivity index (χ2v) is 8.55. The molecule has 1 aromatic heterocycles. The van der Waals surface area contributed by atoms with Crippen molar-refractivity contribution in [1.82, 2.24) is 9.88 Å². The van der Waals surface area contributed by atoms with E-state index in [2.05, 4.69) is 6.07 Å². The molecule has 0 N–H and O–H groups in total. The summed E-state index contributed by atoms with van der Waals surface area (Å²) in [6.45, 7) is 4.78. The number of hydrogen-bond acceptors (Lipinski definition) is 4. The van der Waals surface area contributed by atoms with Crippen molar-refractivity contribution in [3.8, 4) is 0 Å². The number of para-hydroxylation sites is 1. The van der Waals surface area contributed by atoms with E-state index in [1.54, 1.807) is 11.3 Å². The second-order valence-electron chi connectivity index (χ2n) is 7.49. The number of carbonyl (C=O) groups is 2. The van der Waals surface area contributed by atoms with E-state index in [1.807, 2.05) is 55.1 Å². The molecule has 1 aliphatic rings. The van der Waals surface area contributed by atoms with Crippen molar-refractivity contribution in [2.45, 2.75) is 45.6 Å². The summed E-state index contributed by atoms with van der Waals surface area (Å²) in [5.41, 5.74) is 3.96. The number of benzene rings is 2. The molecule has 0 aliphatic carbocycles. The van der Waals surface area contributed by atoms with Gasteiger partial charge in [0, 0.05) is 24.9 Å². The number of Topliss-reactive ketones (excluding diaryl/α,β-unsaturated/α-hetero) is 1. The molecule has 2 heterocycles. The number of aryl methyl sites for hydroxylation is 2. The highest BCUT2D eigenvalue weighted by molar-refractivity contribution is 7.18. The molecule has 0 radical (unpaired) electrons. The van der Waals surface area contributed by atoms with E-state index >= 15 is 0 Å². The molecule has 1 aliphatic heterocycles. The van der Waals surface area contributed by atoms with E-state index in [4.69, 9.17) is 4.98 Å². The molecule has 2 aromatic carbocycles. The van der Waals surface area contributed by atoms with Gasteiger partial charge in [0.15, 0.2) is 5.78 Å². The van der Waals surface area contributed by atoms with Gasteiger partial charge in [-0.3, -0.25) is 9.59 Å². The molecule has 1 atom stereocenters. The van der Waals surface area contributed by atoms with E-state index in [9.17, 15) is 9.59 Å². The van der Waals surface area contributed by atoms with Gasteiger partial charge in [0.05, 0.1) is 16.3 Å². The smallest absolute Gasteiger partial charge is 0.223 e. The van der Waals surface area contributed by atoms with Crippen LogP contribution in [0.15, 0.2) is 42.5 Å². The Kier molecular flexibility index (Phi) is 5.27. The molecular formula is C23H24N2O2S. The van der Waals surface area contributed by atoms with Crippen LogP contribution in [0, 0.1) is 13.8 Å². The van der Waals surface area contributed by atoms with Crippen molar-refractivity contribution >= 4 is 33.2 Å². The molecule has 28 heavy (non-hydrogen) atoms. The molecule has 0 bridgehead atoms. The van der Waals surface area contributed by atoms with Gasteiger partial charge in [-0.15, -0.1) is 11.3 Å². The van der Waals surface area contributed by atoms with E-state index in [1.165, 1.54) is 5.56 Å². The molecule has 3 aromatic rings. The van der Waals surface area contributed by atoms with Crippen LogP contribution in [0.1, 0.15) is 58.2 Å². The number of fused-ring (bicyclic) bond motifs is 1. The van der Waals surface area contributed by atoms with Gasteiger partial charge in [0.1, 0.15) is 5.01 Å². The van der Waals surface area contributed by atoms with Gasteiger partial charge in [0.2, 0.25) is 5.91 Å². The highest BCUT2D eigenvalue weighted by Gasteiger charge is 2.32. The predicted octanol–water partition coefficient (Wildman–Crippen LogP) is 5.24. The van der Waals surface area contributed by atoms with Gasteiger partial charge in [-0.1, -0.05) is 24.3 Å². The number of carbonyl (C=O) groups excluding carboxylic acids is 2. The predicted molar refractivity (Wildman–Crippen MR) is 113 cm³/mol. The maximum absolute atomic E-state index is 12.9. The summed E-state index contributed by atoms with van der Waals surface area (Å²) >= 11 is 1.67. The number of likely N-dealkylation sites (tertiary alicyclic amines) is 1. The monoisotopic (exact) mass is 392 g/mol. The van der Waals surface area contributed by atoms with Crippen LogP contribution in [0.2, 0.25) is 0 Å². The number of amides is 1. The van der Waals surface area contributed by atoms with E-state index in [0.717, 1.165) is 40.2 Å². The van der Waals surface area contributed by atoms with Crippen molar-refractivity contribution in [2.75, 3.05) is 6.54 Å². The van der Waals surface area contributed by atoms with Crippen LogP contribution in [-0.4, -0.2) is 28.1 Å². The first kappa shape index (κ1) is 18.8. The van der Waals surface area contributed by atoms with Crippen LogP contribution >= 0.6 is 11.3 Å². The minimum Gasteiger partial charge on any atom is -0.333 e. The largest absolute Gasteiger partial charge is 0.333 e. The first-order chi connectivity index (χ1) is 13.5. The molecule has 5 heteroatoms. The van der Waals surface area contributed by atoms with Crippen molar-refractivity contribution in [3.05, 3.63) is 64.2 Å². The zero-order valence-corrected chi connectivity index (χ0v) is 17.1. The third kappa shape index (κ3) is 3.72. The average Bonchev–Trinajstić information content (AvgIpc) is 3.34. The minimum absolute atomic E-state index is 0.0344. The van der Waals surface area contributed by atoms with Crippen LogP contribution in [0.5, 0.6) is 0 Å². The molecule has 1 amide bonds. The van der Waals surface area contributed by atoms with Gasteiger partial charge >= 0.3 is 0 Å². The van der Waals surface area contributed by atoms with Gasteiger partial charge in [-0.2, -0.15) is 0 Å². The molecule has 1 fully saturated rings. The fourth-order valence-electron chi connectivity index (χ4n) is 3.78. The van der Waals surface area contributed by atoms with E-state index in [0.29, 0.717) is 5.56 Å². The summed E-state index contributed by atoms with van der Waals surface area (Å²) < 4.78 is 1.15. The van der Waals surface area contributed by atoms with Crippen LogP contribution < -0.4 is 0 Å². The molecule has 4 nitrogen and oxygen atoms in total. The SMILES string of the molecule is Cc1ccc(C(=O)CCC(=O)N2CCC[C@@H]2c2nc3ccccc3s2)cc1C. The quantitative estimate of drug-likeness (QED) is 0.558. The third-order valence-corrected chi connectivity index (χ3v) is 6.70. The standard InChI is InChI=1S/C23H24N2O2S/c1-15-9-10-17(14-16(15)2)20(26)11-12-22(27)25-13-5-7-19(25)23-24-18-6-3-4-8-21(18)28-23/h3-4,6,8-10,14,19H,5,7,11-13H2,1-2H3/t19-/m1/s1. The number of hydrogen-bond donors (Lipinski definition) is 0. The lowest BCUT2D eigenvalue weighted by atomic mass is 10.0. The molecular weight excluding hydrogens is 368 g/mol. The Morgan fingerprint density at radius 2 is 1.93 bits per heavy atom. The number of aromatic nitrogens is 1. The fraction of sp³-hybridized carbons (Fsp3) is 0.348. The topological polar surface area (TPSA) is 50.3 Å². The summed E-state index contributed by atoms with van der Waals surface area (Å²) in [6.07, 6.45) is 2.44. The second kappa shape index (κ2) is 7.84. The molecule has 0 unspecified atom stereocenters. The van der Waals surface area contributed by atoms with Crippen LogP contribution in [0.4, 0.5) is 0 Å². The lowest BCUT2D eigenvalue weighted by molar-refractivity contribution is -0.132. The van der Waals surface area contributed by atoms with Gasteiger partial charge in [0.25, 0.3) is 0 Å².